The number of amides is 3. The summed E-state index contributed by atoms with van der Waals surface area (Å²) in [5, 5.41) is 3.28. The SMILES string of the molecule is CN(Cc1c(F)cccc1Cl)CN1C(=O)NC2(CCC(C(C)(C)C)CC2)C1=O. The molecular weight excluding hydrogens is 381 g/mol. The molecular formula is C21H29ClFN3O2. The topological polar surface area (TPSA) is 52.6 Å². The van der Waals surface area contributed by atoms with E-state index >= 15 is 0 Å². The van der Waals surface area contributed by atoms with E-state index in [1.807, 2.05) is 0 Å². The fourth-order valence-electron chi connectivity index (χ4n) is 4.36. The van der Waals surface area contributed by atoms with Crippen LogP contribution < -0.4 is 5.32 Å². The first kappa shape index (κ1) is 21.1. The molecule has 28 heavy (non-hydrogen) atoms. The van der Waals surface area contributed by atoms with Crippen LogP contribution in [0.3, 0.4) is 0 Å². The lowest BCUT2D eigenvalue weighted by atomic mass is 9.67. The first-order chi connectivity index (χ1) is 13.0. The molecule has 1 spiro atoms. The molecule has 0 atom stereocenters. The third-order valence-corrected chi connectivity index (χ3v) is 6.54. The summed E-state index contributed by atoms with van der Waals surface area (Å²) < 4.78 is 14.0. The van der Waals surface area contributed by atoms with Crippen molar-refractivity contribution < 1.29 is 14.0 Å². The normalized spacial score (nSPS) is 25.7. The van der Waals surface area contributed by atoms with E-state index in [1.165, 1.54) is 11.0 Å². The third kappa shape index (κ3) is 4.03. The minimum absolute atomic E-state index is 0.0970. The maximum absolute atomic E-state index is 14.0. The van der Waals surface area contributed by atoms with Gasteiger partial charge in [-0.1, -0.05) is 38.4 Å². The van der Waals surface area contributed by atoms with E-state index in [9.17, 15) is 14.0 Å². The van der Waals surface area contributed by atoms with Crippen LogP contribution in [0.5, 0.6) is 0 Å². The fourth-order valence-corrected chi connectivity index (χ4v) is 4.59. The van der Waals surface area contributed by atoms with Crippen LogP contribution in [0, 0.1) is 17.2 Å². The van der Waals surface area contributed by atoms with Gasteiger partial charge in [0.2, 0.25) is 0 Å². The van der Waals surface area contributed by atoms with Crippen LogP contribution in [-0.4, -0.2) is 41.0 Å². The van der Waals surface area contributed by atoms with E-state index in [0.717, 1.165) is 12.8 Å². The summed E-state index contributed by atoms with van der Waals surface area (Å²) in [6.45, 7) is 6.97. The van der Waals surface area contributed by atoms with Crippen LogP contribution >= 0.6 is 11.6 Å². The van der Waals surface area contributed by atoms with Gasteiger partial charge in [-0.2, -0.15) is 0 Å². The molecule has 154 valence electrons. The molecule has 1 saturated heterocycles. The lowest BCUT2D eigenvalue weighted by Crippen LogP contribution is -2.51. The van der Waals surface area contributed by atoms with Crippen molar-refractivity contribution in [2.45, 2.75) is 58.5 Å². The van der Waals surface area contributed by atoms with Crippen LogP contribution in [0.1, 0.15) is 52.0 Å². The second kappa shape index (κ2) is 7.64. The Bertz CT molecular complexity index is 749. The van der Waals surface area contributed by atoms with Crippen molar-refractivity contribution in [3.63, 3.8) is 0 Å². The molecule has 1 heterocycles. The summed E-state index contributed by atoms with van der Waals surface area (Å²) in [6, 6.07) is 4.16. The average molecular weight is 410 g/mol. The monoisotopic (exact) mass is 409 g/mol. The molecule has 0 bridgehead atoms. The van der Waals surface area contributed by atoms with Crippen LogP contribution in [0.2, 0.25) is 5.02 Å². The van der Waals surface area contributed by atoms with E-state index in [4.69, 9.17) is 11.6 Å². The minimum Gasteiger partial charge on any atom is -0.323 e. The van der Waals surface area contributed by atoms with Crippen molar-refractivity contribution in [2.24, 2.45) is 11.3 Å². The molecule has 1 aliphatic heterocycles. The molecule has 1 aromatic rings. The zero-order valence-corrected chi connectivity index (χ0v) is 17.8. The van der Waals surface area contributed by atoms with Gasteiger partial charge < -0.3 is 5.32 Å². The van der Waals surface area contributed by atoms with Crippen molar-refractivity contribution in [3.05, 3.63) is 34.6 Å². The minimum atomic E-state index is -0.782. The van der Waals surface area contributed by atoms with Gasteiger partial charge in [-0.3, -0.25) is 9.69 Å². The van der Waals surface area contributed by atoms with Crippen molar-refractivity contribution in [1.29, 1.82) is 0 Å². The molecule has 0 unspecified atom stereocenters. The summed E-state index contributed by atoms with van der Waals surface area (Å²) in [5.74, 6) is -0.0207. The first-order valence-corrected chi connectivity index (χ1v) is 10.2. The zero-order valence-electron chi connectivity index (χ0n) is 17.0. The Morgan fingerprint density at radius 2 is 1.93 bits per heavy atom. The van der Waals surface area contributed by atoms with Gasteiger partial charge in [-0.25, -0.2) is 14.1 Å². The van der Waals surface area contributed by atoms with E-state index in [2.05, 4.69) is 26.1 Å². The highest BCUT2D eigenvalue weighted by atomic mass is 35.5. The summed E-state index contributed by atoms with van der Waals surface area (Å²) in [7, 11) is 1.74. The summed E-state index contributed by atoms with van der Waals surface area (Å²) >= 11 is 6.09. The molecule has 7 heteroatoms. The largest absolute Gasteiger partial charge is 0.326 e. The number of hydrogen-bond donors (Lipinski definition) is 1. The van der Waals surface area contributed by atoms with Crippen LogP contribution in [0.4, 0.5) is 9.18 Å². The Morgan fingerprint density at radius 1 is 1.29 bits per heavy atom. The zero-order chi connectivity index (χ0) is 20.7. The van der Waals surface area contributed by atoms with Gasteiger partial charge in [-0.15, -0.1) is 0 Å². The Morgan fingerprint density at radius 3 is 2.50 bits per heavy atom. The lowest BCUT2D eigenvalue weighted by molar-refractivity contribution is -0.134. The van der Waals surface area contributed by atoms with Crippen LogP contribution in [0.25, 0.3) is 0 Å². The second-order valence-corrected chi connectivity index (χ2v) is 9.65. The van der Waals surface area contributed by atoms with Crippen LogP contribution in [-0.2, 0) is 11.3 Å². The van der Waals surface area contributed by atoms with Crippen molar-refractivity contribution in [3.8, 4) is 0 Å². The number of urea groups is 1. The van der Waals surface area contributed by atoms with Crippen molar-refractivity contribution in [1.82, 2.24) is 15.1 Å². The molecule has 5 nitrogen and oxygen atoms in total. The summed E-state index contributed by atoms with van der Waals surface area (Å²) in [6.07, 6.45) is 3.17. The summed E-state index contributed by atoms with van der Waals surface area (Å²) in [4.78, 5) is 28.6. The summed E-state index contributed by atoms with van der Waals surface area (Å²) in [5.41, 5.74) is -0.222. The molecule has 3 rings (SSSR count). The quantitative estimate of drug-likeness (QED) is 0.750. The van der Waals surface area contributed by atoms with Crippen LogP contribution in [0.15, 0.2) is 18.2 Å². The fraction of sp³-hybridized carbons (Fsp3) is 0.619. The Hall–Kier alpha value is -1.66. The number of halogens is 2. The predicted octanol–water partition coefficient (Wildman–Crippen LogP) is 4.40. The highest BCUT2D eigenvalue weighted by molar-refractivity contribution is 6.31. The molecule has 0 radical (unpaired) electrons. The number of rotatable bonds is 4. The molecule has 2 fully saturated rings. The standard InChI is InChI=1S/C21H29ClFN3O2/c1-20(2,3)14-8-10-21(11-9-14)18(27)26(19(28)24-21)13-25(4)12-15-16(22)6-5-7-17(15)23/h5-7,14H,8-13H2,1-4H3,(H,24,28). The Labute approximate surface area is 171 Å². The Kier molecular flexibility index (Phi) is 5.74. The molecule has 3 amide bonds. The molecule has 0 aromatic heterocycles. The number of benzene rings is 1. The molecule has 1 aromatic carbocycles. The van der Waals surface area contributed by atoms with E-state index in [-0.39, 0.29) is 30.6 Å². The number of imide groups is 1. The van der Waals surface area contributed by atoms with Crippen molar-refractivity contribution >= 4 is 23.5 Å². The molecule has 1 N–H and O–H groups in total. The van der Waals surface area contributed by atoms with Gasteiger partial charge in [0.15, 0.2) is 0 Å². The Balaban J connectivity index is 1.66. The van der Waals surface area contributed by atoms with Gasteiger partial charge in [0.05, 0.1) is 6.67 Å². The highest BCUT2D eigenvalue weighted by Gasteiger charge is 2.53. The lowest BCUT2D eigenvalue weighted by Gasteiger charge is -2.40. The van der Waals surface area contributed by atoms with Gasteiger partial charge in [0.1, 0.15) is 11.4 Å². The number of nitrogens with one attached hydrogen (secondary N) is 1. The number of carbonyl (C=O) groups is 2. The highest BCUT2D eigenvalue weighted by Crippen LogP contribution is 2.43. The maximum atomic E-state index is 14.0. The van der Waals surface area contributed by atoms with E-state index in [1.54, 1.807) is 24.1 Å². The number of nitrogens with zero attached hydrogens (tertiary/aromatic N) is 2. The average Bonchev–Trinajstić information content (AvgIpc) is 2.82. The van der Waals surface area contributed by atoms with E-state index in [0.29, 0.717) is 29.3 Å². The predicted molar refractivity (Wildman–Crippen MR) is 107 cm³/mol. The molecule has 2 aliphatic rings. The smallest absolute Gasteiger partial charge is 0.323 e. The first-order valence-electron chi connectivity index (χ1n) is 9.79. The molecule has 1 saturated carbocycles. The maximum Gasteiger partial charge on any atom is 0.326 e. The molecule has 1 aliphatic carbocycles. The number of hydrogen-bond acceptors (Lipinski definition) is 3. The van der Waals surface area contributed by atoms with Gasteiger partial charge in [-0.05, 0) is 56.2 Å². The van der Waals surface area contributed by atoms with Crippen molar-refractivity contribution in [2.75, 3.05) is 13.7 Å². The van der Waals surface area contributed by atoms with Gasteiger partial charge in [0, 0.05) is 17.1 Å². The number of carbonyl (C=O) groups excluding carboxylic acids is 2. The van der Waals surface area contributed by atoms with Gasteiger partial charge in [0.25, 0.3) is 5.91 Å². The van der Waals surface area contributed by atoms with E-state index < -0.39 is 11.4 Å². The third-order valence-electron chi connectivity index (χ3n) is 6.18. The van der Waals surface area contributed by atoms with Gasteiger partial charge >= 0.3 is 6.03 Å². The second-order valence-electron chi connectivity index (χ2n) is 9.24.